The van der Waals surface area contributed by atoms with Gasteiger partial charge in [-0.2, -0.15) is 4.98 Å². The fraction of sp³-hybridized carbons (Fsp3) is 0.429. The second kappa shape index (κ2) is 6.98. The van der Waals surface area contributed by atoms with E-state index in [0.717, 1.165) is 22.3 Å². The fourth-order valence-electron chi connectivity index (χ4n) is 3.34. The Kier molecular flexibility index (Phi) is 4.97. The van der Waals surface area contributed by atoms with Crippen molar-refractivity contribution in [2.45, 2.75) is 52.2 Å². The van der Waals surface area contributed by atoms with Crippen molar-refractivity contribution in [1.82, 2.24) is 9.97 Å². The Hall–Kier alpha value is -2.80. The van der Waals surface area contributed by atoms with Crippen molar-refractivity contribution in [1.29, 1.82) is 0 Å². The molecule has 28 heavy (non-hydrogen) atoms. The normalized spacial score (nSPS) is 15.4. The molecule has 0 amide bonds. The zero-order chi connectivity index (χ0) is 20.7. The molecular formula is C21H28N4O3. The summed E-state index contributed by atoms with van der Waals surface area (Å²) >= 11 is 0. The monoisotopic (exact) mass is 384 g/mol. The predicted molar refractivity (Wildman–Crippen MR) is 110 cm³/mol. The summed E-state index contributed by atoms with van der Waals surface area (Å²) in [5.74, 6) is 1.76. The van der Waals surface area contributed by atoms with Crippen LogP contribution in [0.5, 0.6) is 11.5 Å². The number of hydrogen-bond donors (Lipinski definition) is 3. The fourth-order valence-corrected chi connectivity index (χ4v) is 3.34. The van der Waals surface area contributed by atoms with Gasteiger partial charge in [0.05, 0.1) is 12.2 Å². The minimum atomic E-state index is -1.04. The first kappa shape index (κ1) is 19.9. The Morgan fingerprint density at radius 1 is 1.25 bits per heavy atom. The van der Waals surface area contributed by atoms with E-state index in [9.17, 15) is 5.11 Å². The second-order valence-electron chi connectivity index (χ2n) is 8.04. The van der Waals surface area contributed by atoms with E-state index < -0.39 is 11.2 Å². The summed E-state index contributed by atoms with van der Waals surface area (Å²) in [5.41, 5.74) is 13.3. The van der Waals surface area contributed by atoms with Gasteiger partial charge in [-0.05, 0) is 64.0 Å². The molecule has 0 bridgehead atoms. The summed E-state index contributed by atoms with van der Waals surface area (Å²) in [5, 5.41) is 10.8. The lowest BCUT2D eigenvalue weighted by atomic mass is 9.84. The van der Waals surface area contributed by atoms with Crippen molar-refractivity contribution < 1.29 is 14.6 Å². The molecule has 5 N–H and O–H groups in total. The molecule has 0 saturated heterocycles. The number of hydrogen-bond acceptors (Lipinski definition) is 7. The van der Waals surface area contributed by atoms with Crippen LogP contribution in [0.3, 0.4) is 0 Å². The third-order valence-electron chi connectivity index (χ3n) is 4.53. The van der Waals surface area contributed by atoms with Crippen molar-refractivity contribution >= 4 is 17.3 Å². The molecular weight excluding hydrogens is 356 g/mol. The number of nitrogens with zero attached hydrogens (tertiary/aromatic N) is 2. The van der Waals surface area contributed by atoms with Gasteiger partial charge in [-0.25, -0.2) is 4.98 Å². The SMILES string of the molecule is CCOc1cc(Cc2cnc(N)nc2N)cc2c1OC(C)(C)C=C2C(C)(C)O. The van der Waals surface area contributed by atoms with Gasteiger partial charge < -0.3 is 26.0 Å². The van der Waals surface area contributed by atoms with Crippen molar-refractivity contribution in [3.8, 4) is 11.5 Å². The van der Waals surface area contributed by atoms with Gasteiger partial charge in [-0.3, -0.25) is 0 Å². The Morgan fingerprint density at radius 3 is 2.57 bits per heavy atom. The molecule has 0 saturated carbocycles. The molecule has 2 aromatic rings. The maximum atomic E-state index is 10.8. The van der Waals surface area contributed by atoms with Crippen LogP contribution < -0.4 is 20.9 Å². The third-order valence-corrected chi connectivity index (χ3v) is 4.53. The van der Waals surface area contributed by atoms with Crippen LogP contribution in [0.1, 0.15) is 51.3 Å². The Bertz CT molecular complexity index is 930. The van der Waals surface area contributed by atoms with Gasteiger partial charge in [-0.1, -0.05) is 0 Å². The quantitative estimate of drug-likeness (QED) is 0.725. The zero-order valence-corrected chi connectivity index (χ0v) is 17.0. The molecule has 1 aliphatic rings. The lowest BCUT2D eigenvalue weighted by molar-refractivity contribution is 0.123. The molecule has 0 atom stereocenters. The molecule has 1 aromatic heterocycles. The molecule has 150 valence electrons. The van der Waals surface area contributed by atoms with Gasteiger partial charge in [0.15, 0.2) is 11.5 Å². The maximum absolute atomic E-state index is 10.8. The topological polar surface area (TPSA) is 117 Å². The van der Waals surface area contributed by atoms with E-state index in [0.29, 0.717) is 30.3 Å². The summed E-state index contributed by atoms with van der Waals surface area (Å²) in [7, 11) is 0. The van der Waals surface area contributed by atoms with Gasteiger partial charge in [0, 0.05) is 23.7 Å². The molecule has 1 aliphatic heterocycles. The van der Waals surface area contributed by atoms with Crippen LogP contribution in [0, 0.1) is 0 Å². The van der Waals surface area contributed by atoms with E-state index in [4.69, 9.17) is 20.9 Å². The van der Waals surface area contributed by atoms with Gasteiger partial charge >= 0.3 is 0 Å². The van der Waals surface area contributed by atoms with Crippen LogP contribution in [-0.2, 0) is 6.42 Å². The molecule has 0 fully saturated rings. The van der Waals surface area contributed by atoms with Crippen LogP contribution in [0.25, 0.3) is 5.57 Å². The minimum absolute atomic E-state index is 0.143. The highest BCUT2D eigenvalue weighted by Gasteiger charge is 2.35. The highest BCUT2D eigenvalue weighted by Crippen LogP contribution is 2.46. The molecule has 2 heterocycles. The van der Waals surface area contributed by atoms with E-state index in [1.165, 1.54) is 0 Å². The van der Waals surface area contributed by atoms with Crippen molar-refractivity contribution in [3.05, 3.63) is 41.1 Å². The number of ether oxygens (including phenoxy) is 2. The highest BCUT2D eigenvalue weighted by atomic mass is 16.5. The summed E-state index contributed by atoms with van der Waals surface area (Å²) in [6.45, 7) is 9.86. The predicted octanol–water partition coefficient (Wildman–Crippen LogP) is 2.96. The highest BCUT2D eigenvalue weighted by molar-refractivity contribution is 5.80. The van der Waals surface area contributed by atoms with Gasteiger partial charge in [0.2, 0.25) is 5.95 Å². The van der Waals surface area contributed by atoms with Crippen LogP contribution in [0.15, 0.2) is 24.4 Å². The lowest BCUT2D eigenvalue weighted by Gasteiger charge is -2.36. The van der Waals surface area contributed by atoms with E-state index >= 15 is 0 Å². The lowest BCUT2D eigenvalue weighted by Crippen LogP contribution is -2.34. The Labute approximate surface area is 165 Å². The summed E-state index contributed by atoms with van der Waals surface area (Å²) < 4.78 is 12.1. The number of aromatic nitrogens is 2. The number of nitrogens with two attached hydrogens (primary N) is 2. The van der Waals surface area contributed by atoms with Crippen LogP contribution >= 0.6 is 0 Å². The minimum Gasteiger partial charge on any atom is -0.490 e. The summed E-state index contributed by atoms with van der Waals surface area (Å²) in [6, 6.07) is 3.92. The average molecular weight is 384 g/mol. The molecule has 0 unspecified atom stereocenters. The number of benzene rings is 1. The van der Waals surface area contributed by atoms with Gasteiger partial charge in [-0.15, -0.1) is 0 Å². The van der Waals surface area contributed by atoms with Crippen LogP contribution in [0.4, 0.5) is 11.8 Å². The molecule has 3 rings (SSSR count). The largest absolute Gasteiger partial charge is 0.490 e. The zero-order valence-electron chi connectivity index (χ0n) is 17.0. The maximum Gasteiger partial charge on any atom is 0.221 e. The average Bonchev–Trinajstić information content (AvgIpc) is 2.56. The van der Waals surface area contributed by atoms with E-state index in [1.54, 1.807) is 20.0 Å². The first-order chi connectivity index (χ1) is 13.0. The molecule has 0 aliphatic carbocycles. The third kappa shape index (κ3) is 4.04. The van der Waals surface area contributed by atoms with Crippen molar-refractivity contribution in [3.63, 3.8) is 0 Å². The number of anilines is 2. The standard InChI is InChI=1S/C21H28N4O3/c1-6-27-16-9-12(7-13-11-24-19(23)25-18(13)22)8-14-15(21(4,5)26)10-20(2,3)28-17(14)16/h8-11,26H,6-7H2,1-5H3,(H4,22,23,24,25). The number of rotatable bonds is 5. The number of fused-ring (bicyclic) bond motifs is 1. The first-order valence-electron chi connectivity index (χ1n) is 9.32. The molecule has 0 radical (unpaired) electrons. The summed E-state index contributed by atoms with van der Waals surface area (Å²) in [6.07, 6.45) is 4.08. The molecule has 7 nitrogen and oxygen atoms in total. The van der Waals surface area contributed by atoms with Gasteiger partial charge in [0.25, 0.3) is 0 Å². The molecule has 0 spiro atoms. The number of nitrogen functional groups attached to an aromatic ring is 2. The summed E-state index contributed by atoms with van der Waals surface area (Å²) in [4.78, 5) is 8.06. The van der Waals surface area contributed by atoms with E-state index in [1.807, 2.05) is 39.0 Å². The van der Waals surface area contributed by atoms with Crippen molar-refractivity contribution in [2.75, 3.05) is 18.1 Å². The van der Waals surface area contributed by atoms with Gasteiger partial charge in [0.1, 0.15) is 11.4 Å². The Balaban J connectivity index is 2.14. The van der Waals surface area contributed by atoms with E-state index in [2.05, 4.69) is 9.97 Å². The second-order valence-corrected chi connectivity index (χ2v) is 8.04. The molecule has 7 heteroatoms. The van der Waals surface area contributed by atoms with E-state index in [-0.39, 0.29) is 5.95 Å². The first-order valence-corrected chi connectivity index (χ1v) is 9.32. The van der Waals surface area contributed by atoms with Crippen molar-refractivity contribution in [2.24, 2.45) is 0 Å². The Morgan fingerprint density at radius 2 is 1.96 bits per heavy atom. The smallest absolute Gasteiger partial charge is 0.221 e. The van der Waals surface area contributed by atoms with Crippen LogP contribution in [-0.4, -0.2) is 32.9 Å². The number of aliphatic hydroxyl groups is 1. The molecule has 1 aromatic carbocycles. The van der Waals surface area contributed by atoms with Crippen LogP contribution in [0.2, 0.25) is 0 Å².